The zero-order valence-corrected chi connectivity index (χ0v) is 13.6. The van der Waals surface area contributed by atoms with Gasteiger partial charge in [-0.15, -0.1) is 11.3 Å². The van der Waals surface area contributed by atoms with Gasteiger partial charge in [0.2, 0.25) is 10.0 Å². The summed E-state index contributed by atoms with van der Waals surface area (Å²) in [7, 11) is -1.81. The molecule has 6 heteroatoms. The molecule has 0 amide bonds. The molecule has 2 N–H and O–H groups in total. The molecule has 0 aromatic carbocycles. The Bertz CT molecular complexity index is 548. The van der Waals surface area contributed by atoms with Gasteiger partial charge in [-0.3, -0.25) is 0 Å². The predicted molar refractivity (Wildman–Crippen MR) is 86.2 cm³/mol. The van der Waals surface area contributed by atoms with Crippen LogP contribution in [0.5, 0.6) is 0 Å². The van der Waals surface area contributed by atoms with Crippen LogP contribution in [0.2, 0.25) is 0 Å². The van der Waals surface area contributed by atoms with Crippen LogP contribution in [0.3, 0.4) is 0 Å². The molecule has 1 aromatic rings. The van der Waals surface area contributed by atoms with E-state index >= 15 is 0 Å². The maximum Gasteiger partial charge on any atom is 0.238 e. The van der Waals surface area contributed by atoms with E-state index in [0.29, 0.717) is 18.0 Å². The minimum atomic E-state index is -3.42. The quantitative estimate of drug-likeness (QED) is 0.750. The molecule has 0 fully saturated rings. The van der Waals surface area contributed by atoms with E-state index in [9.17, 15) is 8.42 Å². The molecular weight excluding hydrogens is 292 g/mol. The van der Waals surface area contributed by atoms with E-state index in [1.807, 2.05) is 17.5 Å². The average Bonchev–Trinajstić information content (AvgIpc) is 2.92. The summed E-state index contributed by atoms with van der Waals surface area (Å²) >= 11 is 1.63. The molecule has 1 aromatic heterocycles. The van der Waals surface area contributed by atoms with Gasteiger partial charge in [0.15, 0.2) is 0 Å². The van der Waals surface area contributed by atoms with Gasteiger partial charge < -0.3 is 5.73 Å². The highest BCUT2D eigenvalue weighted by molar-refractivity contribution is 7.92. The molecule has 0 aliphatic rings. The largest absolute Gasteiger partial charge is 0.330 e. The van der Waals surface area contributed by atoms with Gasteiger partial charge in [-0.1, -0.05) is 18.7 Å². The summed E-state index contributed by atoms with van der Waals surface area (Å²) in [4.78, 5) is 1.47. The number of nitrogens with zero attached hydrogens (tertiary/aromatic N) is 1. The maximum atomic E-state index is 12.3. The van der Waals surface area contributed by atoms with E-state index in [4.69, 9.17) is 5.73 Å². The van der Waals surface area contributed by atoms with E-state index in [0.717, 1.165) is 6.42 Å². The highest BCUT2D eigenvalue weighted by Crippen LogP contribution is 2.26. The first-order valence-electron chi connectivity index (χ1n) is 6.42. The summed E-state index contributed by atoms with van der Waals surface area (Å²) in [6.07, 6.45) is 3.76. The topological polar surface area (TPSA) is 63.4 Å². The van der Waals surface area contributed by atoms with E-state index in [-0.39, 0.29) is 5.92 Å². The van der Waals surface area contributed by atoms with Crippen molar-refractivity contribution in [1.29, 1.82) is 0 Å². The Morgan fingerprint density at radius 1 is 1.60 bits per heavy atom. The van der Waals surface area contributed by atoms with Crippen LogP contribution in [-0.2, 0) is 10.0 Å². The summed E-state index contributed by atoms with van der Waals surface area (Å²) < 4.78 is 26.0. The molecule has 0 spiro atoms. The third-order valence-electron chi connectivity index (χ3n) is 3.11. The lowest BCUT2D eigenvalue weighted by Crippen LogP contribution is -2.32. The van der Waals surface area contributed by atoms with Crippen LogP contribution in [-0.4, -0.2) is 32.9 Å². The Hall–Kier alpha value is -0.950. The Kier molecular flexibility index (Phi) is 6.61. The van der Waals surface area contributed by atoms with Crippen molar-refractivity contribution in [3.63, 3.8) is 0 Å². The van der Waals surface area contributed by atoms with Crippen molar-refractivity contribution in [2.75, 3.05) is 20.1 Å². The SMILES string of the molecule is C=C/C=C(\C)S(=O)(=O)N(C)CC(CCN)c1cccs1. The van der Waals surface area contributed by atoms with Gasteiger partial charge in [0, 0.05) is 24.4 Å². The van der Waals surface area contributed by atoms with Crippen LogP contribution in [0.1, 0.15) is 24.1 Å². The molecular formula is C14H22N2O2S2. The molecule has 1 heterocycles. The second-order valence-electron chi connectivity index (χ2n) is 4.59. The summed E-state index contributed by atoms with van der Waals surface area (Å²) in [5.41, 5.74) is 5.64. The Morgan fingerprint density at radius 3 is 2.80 bits per heavy atom. The molecule has 0 saturated carbocycles. The van der Waals surface area contributed by atoms with E-state index in [1.165, 1.54) is 21.3 Å². The number of allylic oxidation sites excluding steroid dienone is 3. The Labute approximate surface area is 125 Å². The number of nitrogens with two attached hydrogens (primary N) is 1. The van der Waals surface area contributed by atoms with Gasteiger partial charge in [0.05, 0.1) is 4.91 Å². The monoisotopic (exact) mass is 314 g/mol. The van der Waals surface area contributed by atoms with E-state index in [1.54, 1.807) is 25.3 Å². The van der Waals surface area contributed by atoms with Gasteiger partial charge >= 0.3 is 0 Å². The maximum absolute atomic E-state index is 12.3. The molecule has 0 radical (unpaired) electrons. The number of rotatable bonds is 8. The molecule has 4 nitrogen and oxygen atoms in total. The molecule has 0 aliphatic carbocycles. The van der Waals surface area contributed by atoms with Crippen molar-refractivity contribution in [2.24, 2.45) is 5.73 Å². The number of hydrogen-bond acceptors (Lipinski definition) is 4. The smallest absolute Gasteiger partial charge is 0.238 e. The van der Waals surface area contributed by atoms with Crippen molar-refractivity contribution in [1.82, 2.24) is 4.31 Å². The molecule has 20 heavy (non-hydrogen) atoms. The van der Waals surface area contributed by atoms with Gasteiger partial charge in [-0.2, -0.15) is 0 Å². The van der Waals surface area contributed by atoms with Crippen LogP contribution >= 0.6 is 11.3 Å². The summed E-state index contributed by atoms with van der Waals surface area (Å²) in [6, 6.07) is 4.00. The molecule has 0 saturated heterocycles. The standard InChI is InChI=1S/C14H22N2O2S2/c1-4-6-12(2)20(17,18)16(3)11-13(8-9-15)14-7-5-10-19-14/h4-7,10,13H,1,8-9,11,15H2,2-3H3/b12-6+. The summed E-state index contributed by atoms with van der Waals surface area (Å²) in [5.74, 6) is 0.135. The molecule has 1 rings (SSSR count). The first-order chi connectivity index (χ1) is 9.43. The third-order valence-corrected chi connectivity index (χ3v) is 6.06. The molecule has 1 atom stereocenters. The van der Waals surface area contributed by atoms with Crippen molar-refractivity contribution < 1.29 is 8.42 Å². The second kappa shape index (κ2) is 7.73. The average molecular weight is 314 g/mol. The van der Waals surface area contributed by atoms with Crippen LogP contribution in [0.15, 0.2) is 41.1 Å². The molecule has 0 bridgehead atoms. The number of sulfonamides is 1. The van der Waals surface area contributed by atoms with Gasteiger partial charge in [-0.25, -0.2) is 12.7 Å². The number of likely N-dealkylation sites (N-methyl/N-ethyl adjacent to an activating group) is 1. The molecule has 0 aliphatic heterocycles. The second-order valence-corrected chi connectivity index (χ2v) is 7.78. The molecule has 112 valence electrons. The Balaban J connectivity index is 2.89. The van der Waals surface area contributed by atoms with Crippen LogP contribution in [0.4, 0.5) is 0 Å². The molecule has 1 unspecified atom stereocenters. The highest BCUT2D eigenvalue weighted by atomic mass is 32.2. The van der Waals surface area contributed by atoms with Gasteiger partial charge in [0.1, 0.15) is 0 Å². The van der Waals surface area contributed by atoms with Gasteiger partial charge in [-0.05, 0) is 37.4 Å². The zero-order chi connectivity index (χ0) is 15.2. The lowest BCUT2D eigenvalue weighted by Gasteiger charge is -2.23. The Morgan fingerprint density at radius 2 is 2.30 bits per heavy atom. The van der Waals surface area contributed by atoms with Crippen molar-refractivity contribution in [2.45, 2.75) is 19.3 Å². The first-order valence-corrected chi connectivity index (χ1v) is 8.74. The number of thiophene rings is 1. The fraction of sp³-hybridized carbons (Fsp3) is 0.429. The van der Waals surface area contributed by atoms with Crippen LogP contribution in [0.25, 0.3) is 0 Å². The fourth-order valence-corrected chi connectivity index (χ4v) is 3.95. The fourth-order valence-electron chi connectivity index (χ4n) is 1.95. The number of hydrogen-bond donors (Lipinski definition) is 1. The van der Waals surface area contributed by atoms with Crippen LogP contribution in [0, 0.1) is 0 Å². The summed E-state index contributed by atoms with van der Waals surface area (Å²) in [6.45, 7) is 6.08. The predicted octanol–water partition coefficient (Wildman–Crippen LogP) is 2.53. The van der Waals surface area contributed by atoms with E-state index < -0.39 is 10.0 Å². The first kappa shape index (κ1) is 17.1. The minimum absolute atomic E-state index is 0.135. The normalized spacial score (nSPS) is 14.5. The highest BCUT2D eigenvalue weighted by Gasteiger charge is 2.24. The zero-order valence-electron chi connectivity index (χ0n) is 12.0. The van der Waals surface area contributed by atoms with Gasteiger partial charge in [0.25, 0.3) is 0 Å². The lowest BCUT2D eigenvalue weighted by molar-refractivity contribution is 0.433. The van der Waals surface area contributed by atoms with E-state index in [2.05, 4.69) is 6.58 Å². The lowest BCUT2D eigenvalue weighted by atomic mass is 10.0. The van der Waals surface area contributed by atoms with Crippen molar-refractivity contribution in [3.8, 4) is 0 Å². The third kappa shape index (κ3) is 4.28. The van der Waals surface area contributed by atoms with Crippen LogP contribution < -0.4 is 5.73 Å². The van der Waals surface area contributed by atoms with Crippen molar-refractivity contribution >= 4 is 21.4 Å². The minimum Gasteiger partial charge on any atom is -0.330 e. The van der Waals surface area contributed by atoms with Crippen molar-refractivity contribution in [3.05, 3.63) is 46.0 Å². The summed E-state index contributed by atoms with van der Waals surface area (Å²) in [5, 5.41) is 2.00.